The first-order valence-corrected chi connectivity index (χ1v) is 7.03. The summed E-state index contributed by atoms with van der Waals surface area (Å²) in [5, 5.41) is 15.9. The molecule has 0 spiro atoms. The standard InChI is InChI=1S/C13H24N2OS/c1-9(6-10(2)16)14-7-12-15-11(8-17-12)13(3,4)5/h8-10,14,16H,6-7H2,1-5H3. The predicted molar refractivity (Wildman–Crippen MR) is 73.4 cm³/mol. The SMILES string of the molecule is CC(O)CC(C)NCc1nc(C(C)(C)C)cs1. The molecule has 3 nitrogen and oxygen atoms in total. The Morgan fingerprint density at radius 2 is 2.06 bits per heavy atom. The zero-order valence-electron chi connectivity index (χ0n) is 11.4. The highest BCUT2D eigenvalue weighted by Crippen LogP contribution is 2.23. The number of aliphatic hydroxyl groups excluding tert-OH is 1. The van der Waals surface area contributed by atoms with Gasteiger partial charge in [0.15, 0.2) is 0 Å². The molecule has 2 N–H and O–H groups in total. The normalized spacial score (nSPS) is 15.9. The van der Waals surface area contributed by atoms with Crippen LogP contribution < -0.4 is 5.32 Å². The van der Waals surface area contributed by atoms with Gasteiger partial charge in [0.05, 0.1) is 11.8 Å². The van der Waals surface area contributed by atoms with Gasteiger partial charge in [-0.15, -0.1) is 11.3 Å². The average Bonchev–Trinajstić information content (AvgIpc) is 2.61. The van der Waals surface area contributed by atoms with Crippen molar-refractivity contribution in [3.8, 4) is 0 Å². The third kappa shape index (κ3) is 5.15. The van der Waals surface area contributed by atoms with E-state index < -0.39 is 0 Å². The van der Waals surface area contributed by atoms with E-state index >= 15 is 0 Å². The molecule has 4 heteroatoms. The fraction of sp³-hybridized carbons (Fsp3) is 0.769. The summed E-state index contributed by atoms with van der Waals surface area (Å²) < 4.78 is 0. The average molecular weight is 256 g/mol. The Balaban J connectivity index is 2.45. The summed E-state index contributed by atoms with van der Waals surface area (Å²) in [6.45, 7) is 11.2. The number of aliphatic hydroxyl groups is 1. The monoisotopic (exact) mass is 256 g/mol. The number of aromatic nitrogens is 1. The molecule has 1 rings (SSSR count). The van der Waals surface area contributed by atoms with Gasteiger partial charge in [-0.25, -0.2) is 4.98 Å². The lowest BCUT2D eigenvalue weighted by Crippen LogP contribution is -2.28. The van der Waals surface area contributed by atoms with Crippen molar-refractivity contribution in [3.63, 3.8) is 0 Å². The highest BCUT2D eigenvalue weighted by molar-refractivity contribution is 7.09. The molecule has 2 atom stereocenters. The van der Waals surface area contributed by atoms with Crippen LogP contribution in [0.1, 0.15) is 51.7 Å². The van der Waals surface area contributed by atoms with Gasteiger partial charge >= 0.3 is 0 Å². The lowest BCUT2D eigenvalue weighted by Gasteiger charge is -2.15. The van der Waals surface area contributed by atoms with Crippen molar-refractivity contribution in [2.75, 3.05) is 0 Å². The summed E-state index contributed by atoms with van der Waals surface area (Å²) in [5.41, 5.74) is 1.28. The third-order valence-corrected chi connectivity index (χ3v) is 3.47. The molecule has 0 bridgehead atoms. The van der Waals surface area contributed by atoms with Crippen molar-refractivity contribution in [2.45, 2.75) is 65.1 Å². The number of thiazole rings is 1. The Bertz CT molecular complexity index is 341. The van der Waals surface area contributed by atoms with E-state index in [1.807, 2.05) is 6.92 Å². The van der Waals surface area contributed by atoms with Gasteiger partial charge in [0, 0.05) is 23.4 Å². The maximum absolute atomic E-state index is 9.28. The van der Waals surface area contributed by atoms with Gasteiger partial charge in [-0.05, 0) is 20.3 Å². The van der Waals surface area contributed by atoms with E-state index in [0.29, 0.717) is 6.04 Å². The molecule has 1 heterocycles. The van der Waals surface area contributed by atoms with Crippen molar-refractivity contribution in [3.05, 3.63) is 16.1 Å². The second-order valence-corrected chi connectivity index (χ2v) is 6.69. The molecule has 0 radical (unpaired) electrons. The summed E-state index contributed by atoms with van der Waals surface area (Å²) in [5.74, 6) is 0. The third-order valence-electron chi connectivity index (χ3n) is 2.62. The van der Waals surface area contributed by atoms with Crippen LogP contribution in [0.3, 0.4) is 0 Å². The van der Waals surface area contributed by atoms with Crippen LogP contribution in [0.25, 0.3) is 0 Å². The van der Waals surface area contributed by atoms with Crippen LogP contribution in [0.4, 0.5) is 0 Å². The first kappa shape index (κ1) is 14.6. The highest BCUT2D eigenvalue weighted by Gasteiger charge is 2.17. The van der Waals surface area contributed by atoms with Gasteiger partial charge in [-0.3, -0.25) is 0 Å². The number of hydrogen-bond donors (Lipinski definition) is 2. The largest absolute Gasteiger partial charge is 0.393 e. The minimum absolute atomic E-state index is 0.125. The second-order valence-electron chi connectivity index (χ2n) is 5.74. The van der Waals surface area contributed by atoms with Gasteiger partial charge in [0.25, 0.3) is 0 Å². The van der Waals surface area contributed by atoms with E-state index in [0.717, 1.165) is 23.7 Å². The molecule has 1 aromatic heterocycles. The van der Waals surface area contributed by atoms with Crippen LogP contribution in [0, 0.1) is 0 Å². The van der Waals surface area contributed by atoms with Crippen LogP contribution >= 0.6 is 11.3 Å². The topological polar surface area (TPSA) is 45.1 Å². The van der Waals surface area contributed by atoms with Crippen molar-refractivity contribution in [2.24, 2.45) is 0 Å². The van der Waals surface area contributed by atoms with Gasteiger partial charge in [-0.1, -0.05) is 20.8 Å². The molecule has 0 aliphatic rings. The lowest BCUT2D eigenvalue weighted by molar-refractivity contribution is 0.170. The molecular formula is C13H24N2OS. The Kier molecular flexibility index (Phi) is 5.10. The van der Waals surface area contributed by atoms with Gasteiger partial charge < -0.3 is 10.4 Å². The molecule has 0 saturated heterocycles. The lowest BCUT2D eigenvalue weighted by atomic mass is 9.93. The minimum Gasteiger partial charge on any atom is -0.393 e. The molecule has 0 aromatic carbocycles. The van der Waals surface area contributed by atoms with Crippen LogP contribution in [-0.4, -0.2) is 22.2 Å². The van der Waals surface area contributed by atoms with Crippen LogP contribution in [0.2, 0.25) is 0 Å². The zero-order valence-corrected chi connectivity index (χ0v) is 12.3. The Hall–Kier alpha value is -0.450. The summed E-state index contributed by atoms with van der Waals surface area (Å²) in [7, 11) is 0. The molecule has 0 fully saturated rings. The van der Waals surface area contributed by atoms with Crippen molar-refractivity contribution < 1.29 is 5.11 Å². The summed E-state index contributed by atoms with van der Waals surface area (Å²) in [6.07, 6.45) is 0.524. The second kappa shape index (κ2) is 5.94. The van der Waals surface area contributed by atoms with Crippen LogP contribution in [-0.2, 0) is 12.0 Å². The van der Waals surface area contributed by atoms with Crippen molar-refractivity contribution in [1.29, 1.82) is 0 Å². The molecule has 0 saturated carbocycles. The highest BCUT2D eigenvalue weighted by atomic mass is 32.1. The Morgan fingerprint density at radius 3 is 2.53 bits per heavy atom. The predicted octanol–water partition coefficient (Wildman–Crippen LogP) is 2.69. The molecule has 2 unspecified atom stereocenters. The Morgan fingerprint density at radius 1 is 1.41 bits per heavy atom. The number of hydrogen-bond acceptors (Lipinski definition) is 4. The minimum atomic E-state index is -0.251. The molecule has 98 valence electrons. The van der Waals surface area contributed by atoms with Crippen LogP contribution in [0.15, 0.2) is 5.38 Å². The molecule has 0 amide bonds. The Labute approximate surface area is 108 Å². The molecule has 1 aromatic rings. The zero-order chi connectivity index (χ0) is 13.1. The van der Waals surface area contributed by atoms with Crippen LogP contribution in [0.5, 0.6) is 0 Å². The fourth-order valence-electron chi connectivity index (χ4n) is 1.59. The summed E-state index contributed by atoms with van der Waals surface area (Å²) in [4.78, 5) is 4.63. The van der Waals surface area contributed by atoms with E-state index in [2.05, 4.69) is 43.4 Å². The van der Waals surface area contributed by atoms with E-state index in [4.69, 9.17) is 0 Å². The summed E-state index contributed by atoms with van der Waals surface area (Å²) in [6, 6.07) is 0.317. The van der Waals surface area contributed by atoms with Gasteiger partial charge in [-0.2, -0.15) is 0 Å². The molecule has 0 aliphatic heterocycles. The van der Waals surface area contributed by atoms with Gasteiger partial charge in [0.1, 0.15) is 5.01 Å². The quantitative estimate of drug-likeness (QED) is 0.851. The number of nitrogens with one attached hydrogen (secondary N) is 1. The number of nitrogens with zero attached hydrogens (tertiary/aromatic N) is 1. The molecular weight excluding hydrogens is 232 g/mol. The van der Waals surface area contributed by atoms with E-state index in [9.17, 15) is 5.11 Å². The van der Waals surface area contributed by atoms with Crippen molar-refractivity contribution >= 4 is 11.3 Å². The fourth-order valence-corrected chi connectivity index (χ4v) is 2.56. The maximum atomic E-state index is 9.28. The molecule has 17 heavy (non-hydrogen) atoms. The van der Waals surface area contributed by atoms with E-state index in [-0.39, 0.29) is 11.5 Å². The van der Waals surface area contributed by atoms with Crippen molar-refractivity contribution in [1.82, 2.24) is 10.3 Å². The first-order chi connectivity index (χ1) is 7.79. The number of rotatable bonds is 5. The van der Waals surface area contributed by atoms with E-state index in [1.165, 1.54) is 0 Å². The van der Waals surface area contributed by atoms with Gasteiger partial charge in [0.2, 0.25) is 0 Å². The molecule has 0 aliphatic carbocycles. The smallest absolute Gasteiger partial charge is 0.107 e. The maximum Gasteiger partial charge on any atom is 0.107 e. The summed E-state index contributed by atoms with van der Waals surface area (Å²) >= 11 is 1.70. The van der Waals surface area contributed by atoms with E-state index in [1.54, 1.807) is 11.3 Å². The first-order valence-electron chi connectivity index (χ1n) is 6.15.